The normalized spacial score (nSPS) is 16.1. The van der Waals surface area contributed by atoms with Gasteiger partial charge in [0.25, 0.3) is 0 Å². The number of hydrogen-bond acceptors (Lipinski definition) is 4. The van der Waals surface area contributed by atoms with Crippen molar-refractivity contribution < 1.29 is 9.90 Å². The standard InChI is InChI=1S/C13H16N4O2/c1-9-15-8-11(2-5-14)12(16-9)10-3-6-17(7-4-10)13(18)19/h8,10H,2-4,6-7H2,1H3,(H,18,19). The Bertz CT molecular complexity index is 516. The van der Waals surface area contributed by atoms with Gasteiger partial charge in [0.05, 0.1) is 18.2 Å². The van der Waals surface area contributed by atoms with Crippen LogP contribution in [-0.4, -0.2) is 39.2 Å². The van der Waals surface area contributed by atoms with Crippen molar-refractivity contribution >= 4 is 6.09 Å². The third-order valence-corrected chi connectivity index (χ3v) is 3.44. The van der Waals surface area contributed by atoms with E-state index in [4.69, 9.17) is 10.4 Å². The van der Waals surface area contributed by atoms with Gasteiger partial charge in [-0.3, -0.25) is 0 Å². The Morgan fingerprint density at radius 2 is 2.26 bits per heavy atom. The minimum absolute atomic E-state index is 0.223. The SMILES string of the molecule is Cc1ncc(CC#N)c(C2CCN(C(=O)O)CC2)n1. The van der Waals surface area contributed by atoms with E-state index in [-0.39, 0.29) is 5.92 Å². The second-order valence-electron chi connectivity index (χ2n) is 4.71. The lowest BCUT2D eigenvalue weighted by atomic mass is 9.90. The number of nitrogens with zero attached hydrogens (tertiary/aromatic N) is 4. The van der Waals surface area contributed by atoms with Gasteiger partial charge in [-0.1, -0.05) is 0 Å². The first-order valence-electron chi connectivity index (χ1n) is 6.29. The molecule has 1 aromatic rings. The van der Waals surface area contributed by atoms with Gasteiger partial charge in [-0.2, -0.15) is 5.26 Å². The minimum Gasteiger partial charge on any atom is -0.465 e. The summed E-state index contributed by atoms with van der Waals surface area (Å²) in [6, 6.07) is 2.13. The smallest absolute Gasteiger partial charge is 0.407 e. The van der Waals surface area contributed by atoms with Crippen molar-refractivity contribution in [1.29, 1.82) is 5.26 Å². The van der Waals surface area contributed by atoms with Crippen molar-refractivity contribution in [2.75, 3.05) is 13.1 Å². The Hall–Kier alpha value is -2.16. The molecule has 1 N–H and O–H groups in total. The number of rotatable bonds is 2. The topological polar surface area (TPSA) is 90.1 Å². The molecule has 6 nitrogen and oxygen atoms in total. The molecule has 2 rings (SSSR count). The van der Waals surface area contributed by atoms with E-state index in [0.29, 0.717) is 25.3 Å². The number of hydrogen-bond donors (Lipinski definition) is 1. The van der Waals surface area contributed by atoms with Gasteiger partial charge in [-0.25, -0.2) is 14.8 Å². The van der Waals surface area contributed by atoms with Gasteiger partial charge < -0.3 is 10.0 Å². The predicted molar refractivity (Wildman–Crippen MR) is 67.7 cm³/mol. The Kier molecular flexibility index (Phi) is 3.95. The average molecular weight is 260 g/mol. The van der Waals surface area contributed by atoms with Crippen LogP contribution >= 0.6 is 0 Å². The molecule has 0 radical (unpaired) electrons. The summed E-state index contributed by atoms with van der Waals surface area (Å²) in [5, 5.41) is 17.8. The summed E-state index contributed by atoms with van der Waals surface area (Å²) in [6.45, 7) is 2.87. The number of carbonyl (C=O) groups is 1. The maximum absolute atomic E-state index is 10.9. The first-order chi connectivity index (χ1) is 9.11. The van der Waals surface area contributed by atoms with Crippen LogP contribution in [0.15, 0.2) is 6.20 Å². The molecular weight excluding hydrogens is 244 g/mol. The van der Waals surface area contributed by atoms with Gasteiger partial charge in [0.2, 0.25) is 0 Å². The van der Waals surface area contributed by atoms with Crippen molar-refractivity contribution in [2.45, 2.75) is 32.1 Å². The highest BCUT2D eigenvalue weighted by Crippen LogP contribution is 2.29. The lowest BCUT2D eigenvalue weighted by Gasteiger charge is -2.30. The molecule has 1 aliphatic rings. The highest BCUT2D eigenvalue weighted by Gasteiger charge is 2.26. The molecule has 0 unspecified atom stereocenters. The van der Waals surface area contributed by atoms with Crippen LogP contribution in [-0.2, 0) is 6.42 Å². The van der Waals surface area contributed by atoms with Crippen molar-refractivity contribution in [3.63, 3.8) is 0 Å². The lowest BCUT2D eigenvalue weighted by Crippen LogP contribution is -2.37. The highest BCUT2D eigenvalue weighted by molar-refractivity contribution is 5.65. The summed E-state index contributed by atoms with van der Waals surface area (Å²) in [7, 11) is 0. The molecule has 19 heavy (non-hydrogen) atoms. The fraction of sp³-hybridized carbons (Fsp3) is 0.538. The van der Waals surface area contributed by atoms with Gasteiger partial charge in [0.1, 0.15) is 5.82 Å². The quantitative estimate of drug-likeness (QED) is 0.874. The van der Waals surface area contributed by atoms with E-state index in [1.807, 2.05) is 6.92 Å². The number of likely N-dealkylation sites (tertiary alicyclic amines) is 1. The Labute approximate surface area is 111 Å². The zero-order valence-corrected chi connectivity index (χ0v) is 10.8. The zero-order valence-electron chi connectivity index (χ0n) is 10.8. The van der Waals surface area contributed by atoms with E-state index in [0.717, 1.165) is 24.1 Å². The van der Waals surface area contributed by atoms with Gasteiger partial charge in [-0.15, -0.1) is 0 Å². The first-order valence-corrected chi connectivity index (χ1v) is 6.29. The van der Waals surface area contributed by atoms with Crippen LogP contribution in [0.25, 0.3) is 0 Å². The van der Waals surface area contributed by atoms with Crippen LogP contribution in [0.1, 0.15) is 35.8 Å². The van der Waals surface area contributed by atoms with Gasteiger partial charge >= 0.3 is 6.09 Å². The second kappa shape index (κ2) is 5.65. The van der Waals surface area contributed by atoms with Gasteiger partial charge in [0, 0.05) is 30.8 Å². The molecule has 1 saturated heterocycles. The Balaban J connectivity index is 2.16. The maximum atomic E-state index is 10.9. The summed E-state index contributed by atoms with van der Waals surface area (Å²) >= 11 is 0. The zero-order chi connectivity index (χ0) is 13.8. The predicted octanol–water partition coefficient (Wildman–Crippen LogP) is 1.71. The molecule has 1 aromatic heterocycles. The number of amides is 1. The van der Waals surface area contributed by atoms with Crippen LogP contribution in [0, 0.1) is 18.3 Å². The molecule has 0 bridgehead atoms. The molecular formula is C13H16N4O2. The molecule has 0 spiro atoms. The van der Waals surface area contributed by atoms with Gasteiger partial charge in [-0.05, 0) is 19.8 Å². The van der Waals surface area contributed by atoms with Crippen molar-refractivity contribution in [2.24, 2.45) is 0 Å². The number of piperidine rings is 1. The average Bonchev–Trinajstić information content (AvgIpc) is 2.41. The molecule has 100 valence electrons. The van der Waals surface area contributed by atoms with Crippen LogP contribution in [0.5, 0.6) is 0 Å². The molecule has 1 amide bonds. The van der Waals surface area contributed by atoms with Crippen molar-refractivity contribution in [1.82, 2.24) is 14.9 Å². The largest absolute Gasteiger partial charge is 0.465 e. The van der Waals surface area contributed by atoms with Crippen molar-refractivity contribution in [3.8, 4) is 6.07 Å². The summed E-state index contributed by atoms with van der Waals surface area (Å²) < 4.78 is 0. The number of nitriles is 1. The molecule has 2 heterocycles. The number of aromatic nitrogens is 2. The summed E-state index contributed by atoms with van der Waals surface area (Å²) in [5.74, 6) is 0.915. The van der Waals surface area contributed by atoms with E-state index in [9.17, 15) is 4.79 Å². The van der Waals surface area contributed by atoms with Crippen LogP contribution in [0.4, 0.5) is 4.79 Å². The van der Waals surface area contributed by atoms with Crippen molar-refractivity contribution in [3.05, 3.63) is 23.3 Å². The fourth-order valence-corrected chi connectivity index (χ4v) is 2.43. The van der Waals surface area contributed by atoms with E-state index < -0.39 is 6.09 Å². The maximum Gasteiger partial charge on any atom is 0.407 e. The number of aryl methyl sites for hydroxylation is 1. The number of carboxylic acid groups (broad SMARTS) is 1. The third-order valence-electron chi connectivity index (χ3n) is 3.44. The minimum atomic E-state index is -0.866. The molecule has 0 saturated carbocycles. The lowest BCUT2D eigenvalue weighted by molar-refractivity contribution is 0.131. The van der Waals surface area contributed by atoms with Crippen LogP contribution in [0.2, 0.25) is 0 Å². The third kappa shape index (κ3) is 2.99. The molecule has 0 aromatic carbocycles. The monoisotopic (exact) mass is 260 g/mol. The van der Waals surface area contributed by atoms with Gasteiger partial charge in [0.15, 0.2) is 0 Å². The summed E-state index contributed by atoms with van der Waals surface area (Å²) in [6.07, 6.45) is 2.65. The van der Waals surface area contributed by atoms with Crippen LogP contribution < -0.4 is 0 Å². The summed E-state index contributed by atoms with van der Waals surface area (Å²) in [4.78, 5) is 20.9. The molecule has 0 aliphatic carbocycles. The van der Waals surface area contributed by atoms with Crippen LogP contribution in [0.3, 0.4) is 0 Å². The molecule has 0 atom stereocenters. The highest BCUT2D eigenvalue weighted by atomic mass is 16.4. The van der Waals surface area contributed by atoms with E-state index in [1.165, 1.54) is 4.90 Å². The van der Waals surface area contributed by atoms with E-state index in [1.54, 1.807) is 6.20 Å². The molecule has 1 aliphatic heterocycles. The first kappa shape index (κ1) is 13.3. The molecule has 6 heteroatoms. The fourth-order valence-electron chi connectivity index (χ4n) is 2.43. The second-order valence-corrected chi connectivity index (χ2v) is 4.71. The van der Waals surface area contributed by atoms with E-state index in [2.05, 4.69) is 16.0 Å². The Morgan fingerprint density at radius 1 is 1.58 bits per heavy atom. The Morgan fingerprint density at radius 3 is 2.84 bits per heavy atom. The summed E-state index contributed by atoms with van der Waals surface area (Å²) in [5.41, 5.74) is 1.78. The van der Waals surface area contributed by atoms with E-state index >= 15 is 0 Å². The molecule has 1 fully saturated rings.